The summed E-state index contributed by atoms with van der Waals surface area (Å²) in [5, 5.41) is 14.9. The Morgan fingerprint density at radius 3 is 2.67 bits per heavy atom. The minimum absolute atomic E-state index is 0.0426. The molecule has 4 rings (SSSR count). The van der Waals surface area contributed by atoms with Crippen molar-refractivity contribution in [3.05, 3.63) is 42.7 Å². The number of nitrogens with zero attached hydrogens (tertiary/aromatic N) is 4. The molecule has 2 aromatic rings. The molecule has 3 heterocycles. The predicted molar refractivity (Wildman–Crippen MR) is 118 cm³/mol. The molecule has 0 saturated carbocycles. The van der Waals surface area contributed by atoms with Crippen molar-refractivity contribution in [3.8, 4) is 17.2 Å². The van der Waals surface area contributed by atoms with Gasteiger partial charge in [0.2, 0.25) is 5.91 Å². The third kappa shape index (κ3) is 4.55. The van der Waals surface area contributed by atoms with Crippen LogP contribution in [0.3, 0.4) is 0 Å². The minimum Gasteiger partial charge on any atom is -0.369 e. The van der Waals surface area contributed by atoms with E-state index in [1.54, 1.807) is 0 Å². The molecule has 30 heavy (non-hydrogen) atoms. The van der Waals surface area contributed by atoms with Gasteiger partial charge in [-0.15, -0.1) is 0 Å². The molecule has 2 aliphatic rings. The molecule has 1 aromatic carbocycles. The Kier molecular flexibility index (Phi) is 6.45. The zero-order valence-corrected chi connectivity index (χ0v) is 17.2. The highest BCUT2D eigenvalue weighted by Crippen LogP contribution is 2.29. The maximum atomic E-state index is 12.6. The van der Waals surface area contributed by atoms with Crippen LogP contribution < -0.4 is 20.4 Å². The summed E-state index contributed by atoms with van der Waals surface area (Å²) in [6.45, 7) is 4.96. The van der Waals surface area contributed by atoms with Crippen LogP contribution in [0.25, 0.3) is 11.1 Å². The third-order valence-electron chi connectivity index (χ3n) is 5.89. The highest BCUT2D eigenvalue weighted by molar-refractivity contribution is 5.86. The number of nitriles is 1. The van der Waals surface area contributed by atoms with Crippen LogP contribution in [0.15, 0.2) is 42.7 Å². The third-order valence-corrected chi connectivity index (χ3v) is 5.89. The molecule has 7 nitrogen and oxygen atoms in total. The smallest absolute Gasteiger partial charge is 0.243 e. The number of rotatable bonds is 5. The number of carbonyl (C=O) groups is 1. The van der Waals surface area contributed by atoms with Gasteiger partial charge in [0.05, 0.1) is 18.0 Å². The van der Waals surface area contributed by atoms with Gasteiger partial charge in [-0.05, 0) is 43.0 Å². The number of piperazine rings is 1. The molecule has 1 atom stereocenters. The van der Waals surface area contributed by atoms with Crippen molar-refractivity contribution < 1.29 is 4.79 Å². The van der Waals surface area contributed by atoms with Crippen LogP contribution in [0.2, 0.25) is 0 Å². The van der Waals surface area contributed by atoms with E-state index in [2.05, 4.69) is 55.7 Å². The molecule has 0 radical (unpaired) electrons. The summed E-state index contributed by atoms with van der Waals surface area (Å²) in [6, 6.07) is 12.5. The van der Waals surface area contributed by atoms with Crippen molar-refractivity contribution in [1.82, 2.24) is 15.6 Å². The summed E-state index contributed by atoms with van der Waals surface area (Å²) in [5.74, 6) is -0.0815. The van der Waals surface area contributed by atoms with E-state index in [9.17, 15) is 4.79 Å². The van der Waals surface area contributed by atoms with Gasteiger partial charge in [0.25, 0.3) is 0 Å². The lowest BCUT2D eigenvalue weighted by atomic mass is 9.99. The van der Waals surface area contributed by atoms with E-state index < -0.39 is 0 Å². The summed E-state index contributed by atoms with van der Waals surface area (Å²) in [5.41, 5.74) is 4.36. The maximum Gasteiger partial charge on any atom is 0.243 e. The molecule has 1 unspecified atom stereocenters. The molecule has 0 spiro atoms. The van der Waals surface area contributed by atoms with Crippen LogP contribution in [-0.4, -0.2) is 56.2 Å². The van der Waals surface area contributed by atoms with Gasteiger partial charge >= 0.3 is 0 Å². The minimum atomic E-state index is -0.251. The van der Waals surface area contributed by atoms with Gasteiger partial charge in [0.1, 0.15) is 12.6 Å². The van der Waals surface area contributed by atoms with Crippen molar-refractivity contribution in [3.63, 3.8) is 0 Å². The molecule has 2 aliphatic heterocycles. The first-order valence-corrected chi connectivity index (χ1v) is 10.7. The van der Waals surface area contributed by atoms with Gasteiger partial charge in [0, 0.05) is 50.2 Å². The van der Waals surface area contributed by atoms with Gasteiger partial charge in [-0.2, -0.15) is 5.26 Å². The van der Waals surface area contributed by atoms with E-state index in [1.165, 1.54) is 5.69 Å². The van der Waals surface area contributed by atoms with E-state index >= 15 is 0 Å². The number of hydrogen-bond acceptors (Lipinski definition) is 6. The first-order chi connectivity index (χ1) is 14.8. The van der Waals surface area contributed by atoms with Gasteiger partial charge in [-0.3, -0.25) is 9.78 Å². The highest BCUT2D eigenvalue weighted by atomic mass is 16.2. The fraction of sp³-hybridized carbons (Fsp3) is 0.435. The zero-order valence-electron chi connectivity index (χ0n) is 17.2. The van der Waals surface area contributed by atoms with Gasteiger partial charge in [-0.25, -0.2) is 0 Å². The number of anilines is 2. The highest BCUT2D eigenvalue weighted by Gasteiger charge is 2.29. The zero-order chi connectivity index (χ0) is 20.8. The lowest BCUT2D eigenvalue weighted by Gasteiger charge is -2.36. The first-order valence-electron chi connectivity index (χ1n) is 10.7. The number of amides is 1. The monoisotopic (exact) mass is 404 g/mol. The Bertz CT molecular complexity index is 901. The van der Waals surface area contributed by atoms with Crippen molar-refractivity contribution >= 4 is 17.3 Å². The Hall–Kier alpha value is -3.11. The maximum absolute atomic E-state index is 12.6. The predicted octanol–water partition coefficient (Wildman–Crippen LogP) is 2.16. The number of piperidine rings is 1. The van der Waals surface area contributed by atoms with Crippen LogP contribution in [0.1, 0.15) is 19.3 Å². The summed E-state index contributed by atoms with van der Waals surface area (Å²) in [4.78, 5) is 21.5. The summed E-state index contributed by atoms with van der Waals surface area (Å²) >= 11 is 0. The second-order valence-corrected chi connectivity index (χ2v) is 7.80. The van der Waals surface area contributed by atoms with E-state index in [-0.39, 0.29) is 18.5 Å². The second kappa shape index (κ2) is 9.59. The number of carbonyl (C=O) groups excluding carboxylic acids is 1. The standard InChI is InChI=1S/C23H28N6O/c24-8-9-27-23(30)22-3-1-2-12-29(22)21-15-19(16-26-17-21)18-4-6-20(7-5-18)28-13-10-25-11-14-28/h4-7,15-17,22,25H,1-3,9-14H2,(H,27,30). The molecule has 156 valence electrons. The van der Waals surface area contributed by atoms with Gasteiger partial charge < -0.3 is 20.4 Å². The second-order valence-electron chi connectivity index (χ2n) is 7.80. The average molecular weight is 405 g/mol. The average Bonchev–Trinajstić information content (AvgIpc) is 2.83. The fourth-order valence-corrected chi connectivity index (χ4v) is 4.29. The van der Waals surface area contributed by atoms with E-state index in [1.807, 2.05) is 18.5 Å². The van der Waals surface area contributed by atoms with Crippen LogP contribution in [0.5, 0.6) is 0 Å². The van der Waals surface area contributed by atoms with Crippen LogP contribution in [0, 0.1) is 11.3 Å². The van der Waals surface area contributed by atoms with E-state index in [0.717, 1.165) is 68.8 Å². The van der Waals surface area contributed by atoms with Crippen molar-refractivity contribution in [2.75, 3.05) is 49.1 Å². The van der Waals surface area contributed by atoms with Crippen molar-refractivity contribution in [2.45, 2.75) is 25.3 Å². The number of aromatic nitrogens is 1. The number of nitrogens with one attached hydrogen (secondary N) is 2. The lowest BCUT2D eigenvalue weighted by molar-refractivity contribution is -0.122. The van der Waals surface area contributed by atoms with Crippen LogP contribution >= 0.6 is 0 Å². The van der Waals surface area contributed by atoms with E-state index in [0.29, 0.717) is 0 Å². The summed E-state index contributed by atoms with van der Waals surface area (Å²) in [6.07, 6.45) is 6.56. The van der Waals surface area contributed by atoms with Crippen molar-refractivity contribution in [1.29, 1.82) is 5.26 Å². The Morgan fingerprint density at radius 1 is 1.10 bits per heavy atom. The largest absolute Gasteiger partial charge is 0.369 e. The molecular weight excluding hydrogens is 376 g/mol. The Balaban J connectivity index is 1.53. The normalized spacial score (nSPS) is 19.2. The fourth-order valence-electron chi connectivity index (χ4n) is 4.29. The van der Waals surface area contributed by atoms with Gasteiger partial charge in [-0.1, -0.05) is 12.1 Å². The molecule has 7 heteroatoms. The SMILES string of the molecule is N#CCNC(=O)C1CCCCN1c1cncc(-c2ccc(N3CCNCC3)cc2)c1. The molecule has 2 N–H and O–H groups in total. The lowest BCUT2D eigenvalue weighted by Crippen LogP contribution is -2.49. The molecule has 0 aliphatic carbocycles. The molecule has 2 saturated heterocycles. The van der Waals surface area contributed by atoms with E-state index in [4.69, 9.17) is 5.26 Å². The summed E-state index contributed by atoms with van der Waals surface area (Å²) < 4.78 is 0. The van der Waals surface area contributed by atoms with Crippen LogP contribution in [0.4, 0.5) is 11.4 Å². The topological polar surface area (TPSA) is 84.3 Å². The molecular formula is C23H28N6O. The van der Waals surface area contributed by atoms with Gasteiger partial charge in [0.15, 0.2) is 0 Å². The molecule has 1 aromatic heterocycles. The van der Waals surface area contributed by atoms with Crippen molar-refractivity contribution in [2.24, 2.45) is 0 Å². The summed E-state index contributed by atoms with van der Waals surface area (Å²) in [7, 11) is 0. The molecule has 1 amide bonds. The number of pyridine rings is 1. The number of benzene rings is 1. The molecule has 2 fully saturated rings. The Morgan fingerprint density at radius 2 is 1.90 bits per heavy atom. The number of hydrogen-bond donors (Lipinski definition) is 2. The Labute approximate surface area is 177 Å². The quantitative estimate of drug-likeness (QED) is 0.743. The van der Waals surface area contributed by atoms with Crippen LogP contribution in [-0.2, 0) is 4.79 Å². The molecule has 0 bridgehead atoms. The first kappa shape index (κ1) is 20.2.